The van der Waals surface area contributed by atoms with Crippen LogP contribution in [0.4, 0.5) is 10.1 Å². The topological polar surface area (TPSA) is 111 Å². The predicted molar refractivity (Wildman–Crippen MR) is 109 cm³/mol. The van der Waals surface area contributed by atoms with Crippen LogP contribution in [0.15, 0.2) is 29.1 Å². The number of amides is 1. The van der Waals surface area contributed by atoms with Crippen LogP contribution >= 0.6 is 0 Å². The molecular weight excluding hydrogens is 405 g/mol. The fourth-order valence-corrected chi connectivity index (χ4v) is 4.29. The molecule has 3 aromatic rings. The molecule has 1 atom stereocenters. The van der Waals surface area contributed by atoms with Crippen molar-refractivity contribution in [3.63, 3.8) is 0 Å². The van der Waals surface area contributed by atoms with Gasteiger partial charge in [0.25, 0.3) is 5.56 Å². The van der Waals surface area contributed by atoms with Crippen molar-refractivity contribution in [2.45, 2.75) is 39.0 Å². The molecule has 1 aromatic carbocycles. The first kappa shape index (κ1) is 19.4. The van der Waals surface area contributed by atoms with Crippen LogP contribution in [0.3, 0.4) is 0 Å². The second-order valence-electron chi connectivity index (χ2n) is 7.81. The van der Waals surface area contributed by atoms with Gasteiger partial charge in [-0.2, -0.15) is 0 Å². The quantitative estimate of drug-likeness (QED) is 0.478. The number of rotatable bonds is 2. The normalized spacial score (nSPS) is 18.9. The lowest BCUT2D eigenvalue weighted by Crippen LogP contribution is -2.44. The van der Waals surface area contributed by atoms with Crippen LogP contribution in [-0.4, -0.2) is 26.5 Å². The first-order chi connectivity index (χ1) is 14.7. The highest BCUT2D eigenvalue weighted by atomic mass is 19.1. The molecule has 2 N–H and O–H groups in total. The van der Waals surface area contributed by atoms with Crippen LogP contribution in [0, 0.1) is 5.82 Å². The summed E-state index contributed by atoms with van der Waals surface area (Å²) in [5.41, 5.74) is 0.279. The van der Waals surface area contributed by atoms with E-state index in [9.17, 15) is 23.9 Å². The summed E-state index contributed by atoms with van der Waals surface area (Å²) >= 11 is 0. The maximum Gasteiger partial charge on any atom is 0.343 e. The van der Waals surface area contributed by atoms with Crippen molar-refractivity contribution >= 4 is 28.5 Å². The SMILES string of the molecule is CCC1(O)C(=O)OCc2c1cc1n(c2=O)Cc2cc3cc(NC(C)=O)c(F)cc3nc2-1. The third-order valence-electron chi connectivity index (χ3n) is 5.91. The number of esters is 1. The van der Waals surface area contributed by atoms with Gasteiger partial charge in [-0.25, -0.2) is 14.2 Å². The first-order valence-electron chi connectivity index (χ1n) is 9.81. The Bertz CT molecular complexity index is 1380. The Hall–Kier alpha value is -3.59. The highest BCUT2D eigenvalue weighted by Crippen LogP contribution is 2.39. The third-order valence-corrected chi connectivity index (χ3v) is 5.91. The summed E-state index contributed by atoms with van der Waals surface area (Å²) in [6, 6.07) is 6.12. The van der Waals surface area contributed by atoms with E-state index in [1.807, 2.05) is 0 Å². The Labute approximate surface area is 175 Å². The summed E-state index contributed by atoms with van der Waals surface area (Å²) in [7, 11) is 0. The van der Waals surface area contributed by atoms with Crippen molar-refractivity contribution in [2.24, 2.45) is 0 Å². The summed E-state index contributed by atoms with van der Waals surface area (Å²) in [6.07, 6.45) is 0.0524. The van der Waals surface area contributed by atoms with E-state index in [4.69, 9.17) is 4.74 Å². The second kappa shape index (κ2) is 6.45. The monoisotopic (exact) mass is 423 g/mol. The van der Waals surface area contributed by atoms with E-state index < -0.39 is 23.3 Å². The third kappa shape index (κ3) is 2.70. The van der Waals surface area contributed by atoms with E-state index in [1.54, 1.807) is 19.1 Å². The number of carbonyl (C=O) groups excluding carboxylic acids is 2. The Morgan fingerprint density at radius 2 is 2.10 bits per heavy atom. The minimum atomic E-state index is -1.90. The molecule has 0 radical (unpaired) electrons. The molecule has 0 saturated carbocycles. The van der Waals surface area contributed by atoms with Crippen molar-refractivity contribution in [1.82, 2.24) is 9.55 Å². The van der Waals surface area contributed by atoms with E-state index in [-0.39, 0.29) is 41.9 Å². The molecule has 0 fully saturated rings. The molecule has 2 aromatic heterocycles. The van der Waals surface area contributed by atoms with E-state index in [2.05, 4.69) is 10.3 Å². The molecule has 31 heavy (non-hydrogen) atoms. The number of aliphatic hydroxyl groups is 1. The summed E-state index contributed by atoms with van der Waals surface area (Å²) < 4.78 is 21.0. The van der Waals surface area contributed by atoms with Gasteiger partial charge in [0, 0.05) is 29.5 Å². The Balaban J connectivity index is 1.72. The minimum Gasteiger partial charge on any atom is -0.458 e. The molecule has 2 aliphatic rings. The number of anilines is 1. The maximum atomic E-state index is 14.4. The van der Waals surface area contributed by atoms with Crippen molar-refractivity contribution in [3.8, 4) is 11.4 Å². The summed E-state index contributed by atoms with van der Waals surface area (Å²) in [6.45, 7) is 2.97. The predicted octanol–water partition coefficient (Wildman–Crippen LogP) is 2.18. The van der Waals surface area contributed by atoms with Gasteiger partial charge in [-0.15, -0.1) is 0 Å². The van der Waals surface area contributed by atoms with E-state index in [0.717, 1.165) is 5.56 Å². The number of hydrogen-bond donors (Lipinski definition) is 2. The van der Waals surface area contributed by atoms with Gasteiger partial charge in [0.15, 0.2) is 5.60 Å². The molecule has 0 bridgehead atoms. The van der Waals surface area contributed by atoms with E-state index >= 15 is 0 Å². The maximum absolute atomic E-state index is 14.4. The van der Waals surface area contributed by atoms with Gasteiger partial charge in [-0.1, -0.05) is 6.92 Å². The standard InChI is InChI=1S/C22H18FN3O5/c1-3-22(30)14-6-18-19-12(8-26(18)20(28)13(14)9-31-21(22)29)4-11-5-17(24-10(2)27)15(23)7-16(11)25-19/h4-7,30H,3,8-9H2,1-2H3,(H,24,27). The highest BCUT2D eigenvalue weighted by molar-refractivity contribution is 5.93. The molecule has 1 amide bonds. The number of ether oxygens (including phenoxy) is 1. The van der Waals surface area contributed by atoms with Gasteiger partial charge < -0.3 is 19.7 Å². The number of carbonyl (C=O) groups is 2. The number of halogens is 1. The molecule has 8 nitrogen and oxygen atoms in total. The molecule has 1 unspecified atom stereocenters. The fourth-order valence-electron chi connectivity index (χ4n) is 4.29. The van der Waals surface area contributed by atoms with Crippen LogP contribution in [0.25, 0.3) is 22.3 Å². The van der Waals surface area contributed by atoms with Gasteiger partial charge >= 0.3 is 5.97 Å². The zero-order valence-corrected chi connectivity index (χ0v) is 16.8. The molecule has 0 aliphatic carbocycles. The van der Waals surface area contributed by atoms with Gasteiger partial charge in [0.1, 0.15) is 12.4 Å². The summed E-state index contributed by atoms with van der Waals surface area (Å²) in [5.74, 6) is -1.81. The Morgan fingerprint density at radius 1 is 1.32 bits per heavy atom. The number of pyridine rings is 2. The molecule has 2 aliphatic heterocycles. The average molecular weight is 423 g/mol. The number of benzene rings is 1. The Kier molecular flexibility index (Phi) is 4.03. The van der Waals surface area contributed by atoms with Crippen LogP contribution < -0.4 is 10.9 Å². The van der Waals surface area contributed by atoms with Crippen LogP contribution in [0.2, 0.25) is 0 Å². The largest absolute Gasteiger partial charge is 0.458 e. The first-order valence-corrected chi connectivity index (χ1v) is 9.81. The van der Waals surface area contributed by atoms with Crippen molar-refractivity contribution < 1.29 is 23.8 Å². The van der Waals surface area contributed by atoms with Gasteiger partial charge in [-0.05, 0) is 24.6 Å². The number of hydrogen-bond acceptors (Lipinski definition) is 6. The van der Waals surface area contributed by atoms with Crippen molar-refractivity contribution in [2.75, 3.05) is 5.32 Å². The lowest BCUT2D eigenvalue weighted by molar-refractivity contribution is -0.172. The smallest absolute Gasteiger partial charge is 0.343 e. The van der Waals surface area contributed by atoms with Gasteiger partial charge in [-0.3, -0.25) is 9.59 Å². The number of aromatic nitrogens is 2. The lowest BCUT2D eigenvalue weighted by Gasteiger charge is -2.31. The molecule has 4 heterocycles. The minimum absolute atomic E-state index is 0.0496. The van der Waals surface area contributed by atoms with Crippen LogP contribution in [-0.2, 0) is 33.1 Å². The number of nitrogens with one attached hydrogen (secondary N) is 1. The highest BCUT2D eigenvalue weighted by Gasteiger charge is 2.45. The number of cyclic esters (lactones) is 1. The number of fused-ring (bicyclic) bond motifs is 5. The Morgan fingerprint density at radius 3 is 2.81 bits per heavy atom. The average Bonchev–Trinajstić information content (AvgIpc) is 3.08. The van der Waals surface area contributed by atoms with Crippen molar-refractivity contribution in [3.05, 3.63) is 57.1 Å². The fraction of sp³-hybridized carbons (Fsp3) is 0.273. The van der Waals surface area contributed by atoms with Crippen LogP contribution in [0.1, 0.15) is 37.0 Å². The van der Waals surface area contributed by atoms with Crippen LogP contribution in [0.5, 0.6) is 0 Å². The molecule has 158 valence electrons. The van der Waals surface area contributed by atoms with Crippen molar-refractivity contribution in [1.29, 1.82) is 0 Å². The lowest BCUT2D eigenvalue weighted by atomic mass is 9.86. The van der Waals surface area contributed by atoms with E-state index in [0.29, 0.717) is 22.3 Å². The molecule has 0 saturated heterocycles. The van der Waals surface area contributed by atoms with Gasteiger partial charge in [0.05, 0.1) is 34.7 Å². The van der Waals surface area contributed by atoms with Gasteiger partial charge in [0.2, 0.25) is 5.91 Å². The zero-order valence-electron chi connectivity index (χ0n) is 16.8. The summed E-state index contributed by atoms with van der Waals surface area (Å²) in [5, 5.41) is 13.9. The molecule has 5 rings (SSSR count). The summed E-state index contributed by atoms with van der Waals surface area (Å²) in [4.78, 5) is 41.2. The molecule has 9 heteroatoms. The second-order valence-corrected chi connectivity index (χ2v) is 7.81. The number of nitrogens with zero attached hydrogens (tertiary/aromatic N) is 2. The van der Waals surface area contributed by atoms with E-state index in [1.165, 1.54) is 23.6 Å². The molecule has 0 spiro atoms. The molecular formula is C22H18FN3O5. The zero-order chi connectivity index (χ0) is 22.1.